The van der Waals surface area contributed by atoms with Gasteiger partial charge in [-0.05, 0) is 25.1 Å². The third kappa shape index (κ3) is 4.59. The van der Waals surface area contributed by atoms with E-state index in [-0.39, 0.29) is 18.5 Å². The number of hydrogen-bond donors (Lipinski definition) is 2. The lowest BCUT2D eigenvalue weighted by atomic mass is 10.3. The number of aliphatic hydroxyl groups excluding tert-OH is 1. The zero-order valence-electron chi connectivity index (χ0n) is 9.45. The van der Waals surface area contributed by atoms with Gasteiger partial charge in [0.2, 0.25) is 0 Å². The normalized spacial score (nSPS) is 12.4. The molecule has 90 valence electrons. The maximum absolute atomic E-state index is 12.8. The third-order valence-electron chi connectivity index (χ3n) is 2.15. The predicted octanol–water partition coefficient (Wildman–Crippen LogP) is 1.56. The monoisotopic (exact) mass is 227 g/mol. The smallest absolute Gasteiger partial charge is 0.126 e. The summed E-state index contributed by atoms with van der Waals surface area (Å²) in [6, 6.07) is 5.87. The summed E-state index contributed by atoms with van der Waals surface area (Å²) in [6.07, 6.45) is 0.996. The number of ether oxygens (including phenoxy) is 1. The number of rotatable bonds is 7. The Labute approximate surface area is 95.2 Å². The predicted molar refractivity (Wildman–Crippen MR) is 61.1 cm³/mol. The standard InChI is InChI=1S/C12H18FNO2/c1-2-6-14-11(8-15)9-16-12-5-3-4-10(13)7-12/h3-5,7,11,14-15H,2,6,8-9H2,1H3. The van der Waals surface area contributed by atoms with Gasteiger partial charge in [0, 0.05) is 6.07 Å². The molecule has 3 nitrogen and oxygen atoms in total. The quantitative estimate of drug-likeness (QED) is 0.743. The first-order valence-electron chi connectivity index (χ1n) is 5.49. The van der Waals surface area contributed by atoms with Crippen LogP contribution in [0.15, 0.2) is 24.3 Å². The molecule has 0 radical (unpaired) electrons. The van der Waals surface area contributed by atoms with Gasteiger partial charge in [-0.25, -0.2) is 4.39 Å². The summed E-state index contributed by atoms with van der Waals surface area (Å²) in [7, 11) is 0. The minimum absolute atomic E-state index is 0.00924. The zero-order valence-corrected chi connectivity index (χ0v) is 9.45. The minimum atomic E-state index is -0.320. The summed E-state index contributed by atoms with van der Waals surface area (Å²) >= 11 is 0. The Morgan fingerprint density at radius 3 is 2.94 bits per heavy atom. The van der Waals surface area contributed by atoms with Crippen LogP contribution < -0.4 is 10.1 Å². The Morgan fingerprint density at radius 2 is 2.31 bits per heavy atom. The highest BCUT2D eigenvalue weighted by atomic mass is 19.1. The van der Waals surface area contributed by atoms with Crippen LogP contribution >= 0.6 is 0 Å². The molecule has 16 heavy (non-hydrogen) atoms. The first-order chi connectivity index (χ1) is 7.76. The molecule has 0 heterocycles. The first-order valence-corrected chi connectivity index (χ1v) is 5.49. The molecule has 1 aromatic carbocycles. The van der Waals surface area contributed by atoms with E-state index in [1.165, 1.54) is 12.1 Å². The molecule has 0 saturated carbocycles. The van der Waals surface area contributed by atoms with E-state index in [1.807, 2.05) is 0 Å². The fraction of sp³-hybridized carbons (Fsp3) is 0.500. The Hall–Kier alpha value is -1.13. The molecular weight excluding hydrogens is 209 g/mol. The molecule has 0 aromatic heterocycles. The largest absolute Gasteiger partial charge is 0.492 e. The molecule has 1 unspecified atom stereocenters. The van der Waals surface area contributed by atoms with E-state index in [4.69, 9.17) is 9.84 Å². The van der Waals surface area contributed by atoms with Gasteiger partial charge < -0.3 is 15.2 Å². The molecule has 0 bridgehead atoms. The van der Waals surface area contributed by atoms with Crippen molar-refractivity contribution in [3.8, 4) is 5.75 Å². The van der Waals surface area contributed by atoms with Crippen molar-refractivity contribution < 1.29 is 14.2 Å². The second-order valence-corrected chi connectivity index (χ2v) is 3.60. The second kappa shape index (κ2) is 7.19. The molecule has 1 rings (SSSR count). The Morgan fingerprint density at radius 1 is 1.50 bits per heavy atom. The van der Waals surface area contributed by atoms with Crippen LogP contribution in [0.25, 0.3) is 0 Å². The Bertz CT molecular complexity index is 307. The lowest BCUT2D eigenvalue weighted by Crippen LogP contribution is -2.38. The van der Waals surface area contributed by atoms with Crippen molar-refractivity contribution in [1.82, 2.24) is 5.32 Å². The molecule has 1 aromatic rings. The fourth-order valence-corrected chi connectivity index (χ4v) is 1.28. The maximum atomic E-state index is 12.8. The van der Waals surface area contributed by atoms with E-state index < -0.39 is 0 Å². The molecule has 0 fully saturated rings. The highest BCUT2D eigenvalue weighted by Crippen LogP contribution is 2.11. The van der Waals surface area contributed by atoms with Crippen LogP contribution in [-0.4, -0.2) is 30.9 Å². The first kappa shape index (κ1) is 12.9. The van der Waals surface area contributed by atoms with E-state index in [0.717, 1.165) is 13.0 Å². The van der Waals surface area contributed by atoms with Gasteiger partial charge in [0.15, 0.2) is 0 Å². The number of halogens is 1. The van der Waals surface area contributed by atoms with Gasteiger partial charge in [-0.1, -0.05) is 13.0 Å². The van der Waals surface area contributed by atoms with E-state index in [9.17, 15) is 4.39 Å². The molecule has 0 saturated heterocycles. The lowest BCUT2D eigenvalue weighted by Gasteiger charge is -2.16. The van der Waals surface area contributed by atoms with Crippen LogP contribution in [0.1, 0.15) is 13.3 Å². The van der Waals surface area contributed by atoms with Gasteiger partial charge in [0.25, 0.3) is 0 Å². The topological polar surface area (TPSA) is 41.5 Å². The van der Waals surface area contributed by atoms with Crippen molar-refractivity contribution >= 4 is 0 Å². The second-order valence-electron chi connectivity index (χ2n) is 3.60. The van der Waals surface area contributed by atoms with Gasteiger partial charge in [-0.3, -0.25) is 0 Å². The van der Waals surface area contributed by atoms with Gasteiger partial charge in [0.1, 0.15) is 18.2 Å². The van der Waals surface area contributed by atoms with Crippen LogP contribution in [0, 0.1) is 5.82 Å². The maximum Gasteiger partial charge on any atom is 0.126 e. The Kier molecular flexibility index (Phi) is 5.82. The molecule has 0 aliphatic heterocycles. The number of benzene rings is 1. The van der Waals surface area contributed by atoms with Gasteiger partial charge >= 0.3 is 0 Å². The van der Waals surface area contributed by atoms with Crippen LogP contribution in [0.2, 0.25) is 0 Å². The highest BCUT2D eigenvalue weighted by Gasteiger charge is 2.06. The van der Waals surface area contributed by atoms with E-state index in [2.05, 4.69) is 12.2 Å². The molecule has 1 atom stereocenters. The van der Waals surface area contributed by atoms with E-state index in [0.29, 0.717) is 12.4 Å². The molecular formula is C12H18FNO2. The highest BCUT2D eigenvalue weighted by molar-refractivity contribution is 5.22. The molecule has 0 amide bonds. The minimum Gasteiger partial charge on any atom is -0.492 e. The summed E-state index contributed by atoms with van der Waals surface area (Å²) in [5.41, 5.74) is 0. The van der Waals surface area contributed by atoms with Crippen LogP contribution in [0.3, 0.4) is 0 Å². The summed E-state index contributed by atoms with van der Waals surface area (Å²) in [4.78, 5) is 0. The van der Waals surface area contributed by atoms with Gasteiger partial charge in [-0.2, -0.15) is 0 Å². The molecule has 4 heteroatoms. The molecule has 2 N–H and O–H groups in total. The zero-order chi connectivity index (χ0) is 11.8. The van der Waals surface area contributed by atoms with Crippen molar-refractivity contribution in [2.24, 2.45) is 0 Å². The van der Waals surface area contributed by atoms with Crippen LogP contribution in [0.5, 0.6) is 5.75 Å². The lowest BCUT2D eigenvalue weighted by molar-refractivity contribution is 0.183. The number of aliphatic hydroxyl groups is 1. The molecule has 0 aliphatic rings. The third-order valence-corrected chi connectivity index (χ3v) is 2.15. The van der Waals surface area contributed by atoms with E-state index in [1.54, 1.807) is 12.1 Å². The van der Waals surface area contributed by atoms with Crippen molar-refractivity contribution in [1.29, 1.82) is 0 Å². The fourth-order valence-electron chi connectivity index (χ4n) is 1.28. The van der Waals surface area contributed by atoms with Crippen molar-refractivity contribution in [3.63, 3.8) is 0 Å². The summed E-state index contributed by atoms with van der Waals surface area (Å²) in [5, 5.41) is 12.2. The van der Waals surface area contributed by atoms with Gasteiger partial charge in [-0.15, -0.1) is 0 Å². The average Bonchev–Trinajstić information content (AvgIpc) is 2.29. The van der Waals surface area contributed by atoms with Gasteiger partial charge in [0.05, 0.1) is 12.6 Å². The Balaban J connectivity index is 2.37. The SMILES string of the molecule is CCCNC(CO)COc1cccc(F)c1. The molecule has 0 aliphatic carbocycles. The average molecular weight is 227 g/mol. The van der Waals surface area contributed by atoms with Crippen LogP contribution in [-0.2, 0) is 0 Å². The number of hydrogen-bond acceptors (Lipinski definition) is 3. The summed E-state index contributed by atoms with van der Waals surface area (Å²) in [6.45, 7) is 3.22. The van der Waals surface area contributed by atoms with Crippen molar-refractivity contribution in [2.45, 2.75) is 19.4 Å². The van der Waals surface area contributed by atoms with Crippen molar-refractivity contribution in [2.75, 3.05) is 19.8 Å². The molecule has 0 spiro atoms. The summed E-state index contributed by atoms with van der Waals surface area (Å²) in [5.74, 6) is 0.163. The van der Waals surface area contributed by atoms with Crippen LogP contribution in [0.4, 0.5) is 4.39 Å². The van der Waals surface area contributed by atoms with Crippen molar-refractivity contribution in [3.05, 3.63) is 30.1 Å². The summed E-state index contributed by atoms with van der Waals surface area (Å²) < 4.78 is 18.2. The van der Waals surface area contributed by atoms with E-state index >= 15 is 0 Å². The number of nitrogens with one attached hydrogen (secondary N) is 1.